The van der Waals surface area contributed by atoms with Crippen LogP contribution in [-0.4, -0.2) is 34.0 Å². The molecule has 0 saturated carbocycles. The number of aromatic nitrogens is 3. The molecule has 2 aromatic rings. The van der Waals surface area contributed by atoms with Crippen LogP contribution in [0.4, 0.5) is 10.1 Å². The number of amides is 1. The number of nitrogens with zero attached hydrogens (tertiary/aromatic N) is 3. The third kappa shape index (κ3) is 2.45. The van der Waals surface area contributed by atoms with Gasteiger partial charge in [0.25, 0.3) is 5.91 Å². The number of hydrogen-bond donors (Lipinski definition) is 2. The number of benzene rings is 1. The van der Waals surface area contributed by atoms with Gasteiger partial charge in [-0.25, -0.2) is 9.07 Å². The second-order valence-electron chi connectivity index (χ2n) is 4.36. The second kappa shape index (κ2) is 4.77. The zero-order valence-electron chi connectivity index (χ0n) is 10.0. The zero-order valence-corrected chi connectivity index (χ0v) is 10.0. The van der Waals surface area contributed by atoms with Crippen molar-refractivity contribution in [1.82, 2.24) is 20.3 Å². The molecule has 2 N–H and O–H groups in total. The molecule has 1 aliphatic heterocycles. The van der Waals surface area contributed by atoms with Crippen molar-refractivity contribution in [1.29, 1.82) is 0 Å². The summed E-state index contributed by atoms with van der Waals surface area (Å²) in [7, 11) is 0. The van der Waals surface area contributed by atoms with E-state index in [-0.39, 0.29) is 11.7 Å². The Labute approximate surface area is 108 Å². The zero-order chi connectivity index (χ0) is 13.2. The number of hydrogen-bond acceptors (Lipinski definition) is 4. The fourth-order valence-electron chi connectivity index (χ4n) is 1.78. The lowest BCUT2D eigenvalue weighted by Gasteiger charge is -2.26. The maximum absolute atomic E-state index is 13.0. The summed E-state index contributed by atoms with van der Waals surface area (Å²) in [6.45, 7) is 1.66. The van der Waals surface area contributed by atoms with Crippen molar-refractivity contribution >= 4 is 11.6 Å². The molecule has 1 aromatic carbocycles. The molecule has 0 aliphatic carbocycles. The van der Waals surface area contributed by atoms with Gasteiger partial charge in [0.05, 0.1) is 12.2 Å². The van der Waals surface area contributed by atoms with Crippen molar-refractivity contribution in [2.75, 3.05) is 18.4 Å². The van der Waals surface area contributed by atoms with Crippen molar-refractivity contribution in [3.8, 4) is 0 Å². The average Bonchev–Trinajstić information content (AvgIpc) is 2.76. The number of carbonyl (C=O) groups excluding carboxylic acids is 1. The van der Waals surface area contributed by atoms with Crippen LogP contribution in [0.5, 0.6) is 0 Å². The van der Waals surface area contributed by atoms with Crippen LogP contribution in [0.2, 0.25) is 0 Å². The normalized spacial score (nSPS) is 15.0. The lowest BCUT2D eigenvalue weighted by atomic mass is 10.2. The number of halogens is 1. The number of carbonyl (C=O) groups is 1. The van der Waals surface area contributed by atoms with Crippen molar-refractivity contribution < 1.29 is 9.18 Å². The van der Waals surface area contributed by atoms with Crippen molar-refractivity contribution in [2.45, 2.75) is 6.04 Å². The first-order chi connectivity index (χ1) is 9.22. The van der Waals surface area contributed by atoms with E-state index in [4.69, 9.17) is 0 Å². The molecule has 0 radical (unpaired) electrons. The summed E-state index contributed by atoms with van der Waals surface area (Å²) in [5.74, 6) is -0.800. The highest BCUT2D eigenvalue weighted by molar-refractivity contribution is 6.02. The fourth-order valence-corrected chi connectivity index (χ4v) is 1.78. The van der Waals surface area contributed by atoms with Crippen LogP contribution in [0.25, 0.3) is 0 Å². The van der Waals surface area contributed by atoms with E-state index in [1.165, 1.54) is 18.2 Å². The number of rotatable bonds is 3. The molecule has 0 atom stereocenters. The van der Waals surface area contributed by atoms with Gasteiger partial charge < -0.3 is 10.6 Å². The molecule has 1 aliphatic rings. The van der Waals surface area contributed by atoms with E-state index >= 15 is 0 Å². The van der Waals surface area contributed by atoms with E-state index in [0.29, 0.717) is 5.69 Å². The van der Waals surface area contributed by atoms with Gasteiger partial charge in [0.2, 0.25) is 0 Å². The summed E-state index contributed by atoms with van der Waals surface area (Å²) in [6.07, 6.45) is 1.60. The monoisotopic (exact) mass is 261 g/mol. The molecule has 0 bridgehead atoms. The van der Waals surface area contributed by atoms with Gasteiger partial charge in [-0.05, 0) is 18.2 Å². The fraction of sp³-hybridized carbons (Fsp3) is 0.250. The molecule has 6 nitrogen and oxygen atoms in total. The highest BCUT2D eigenvalue weighted by Crippen LogP contribution is 2.12. The van der Waals surface area contributed by atoms with E-state index < -0.39 is 11.7 Å². The lowest BCUT2D eigenvalue weighted by molar-refractivity contribution is 0.102. The predicted molar refractivity (Wildman–Crippen MR) is 66.3 cm³/mol. The SMILES string of the molecule is O=C(Nc1cccc(F)c1)c1cn(C2CNC2)nn1. The van der Waals surface area contributed by atoms with Crippen LogP contribution < -0.4 is 10.6 Å². The van der Waals surface area contributed by atoms with E-state index in [1.807, 2.05) is 0 Å². The molecule has 7 heteroatoms. The molecule has 0 spiro atoms. The van der Waals surface area contributed by atoms with E-state index in [2.05, 4.69) is 20.9 Å². The van der Waals surface area contributed by atoms with Crippen LogP contribution in [0, 0.1) is 5.82 Å². The van der Waals surface area contributed by atoms with Crippen molar-refractivity contribution in [2.24, 2.45) is 0 Å². The molecule has 19 heavy (non-hydrogen) atoms. The Morgan fingerprint density at radius 2 is 2.32 bits per heavy atom. The van der Waals surface area contributed by atoms with E-state index in [0.717, 1.165) is 13.1 Å². The van der Waals surface area contributed by atoms with Crippen LogP contribution >= 0.6 is 0 Å². The standard InChI is InChI=1S/C12H12FN5O/c13-8-2-1-3-9(4-8)15-12(19)11-7-18(17-16-11)10-5-14-6-10/h1-4,7,10,14H,5-6H2,(H,15,19). The lowest BCUT2D eigenvalue weighted by Crippen LogP contribution is -2.43. The number of nitrogens with one attached hydrogen (secondary N) is 2. The van der Waals surface area contributed by atoms with Gasteiger partial charge >= 0.3 is 0 Å². The Kier molecular flexibility index (Phi) is 2.96. The maximum atomic E-state index is 13.0. The first-order valence-electron chi connectivity index (χ1n) is 5.92. The quantitative estimate of drug-likeness (QED) is 0.857. The largest absolute Gasteiger partial charge is 0.320 e. The molecule has 1 fully saturated rings. The topological polar surface area (TPSA) is 71.8 Å². The van der Waals surface area contributed by atoms with Gasteiger partial charge in [0, 0.05) is 18.8 Å². The van der Waals surface area contributed by atoms with E-state index in [9.17, 15) is 9.18 Å². The Balaban J connectivity index is 1.71. The molecule has 98 valence electrons. The molecule has 0 unspecified atom stereocenters. The minimum absolute atomic E-state index is 0.219. The molecule has 1 amide bonds. The summed E-state index contributed by atoms with van der Waals surface area (Å²) in [4.78, 5) is 11.9. The van der Waals surface area contributed by atoms with Crippen LogP contribution in [0.1, 0.15) is 16.5 Å². The summed E-state index contributed by atoms with van der Waals surface area (Å²) in [5, 5.41) is 13.4. The van der Waals surface area contributed by atoms with Gasteiger partial charge in [0.15, 0.2) is 5.69 Å². The summed E-state index contributed by atoms with van der Waals surface area (Å²) >= 11 is 0. The van der Waals surface area contributed by atoms with Gasteiger partial charge in [0.1, 0.15) is 5.82 Å². The summed E-state index contributed by atoms with van der Waals surface area (Å²) in [5.41, 5.74) is 0.612. The molecular weight excluding hydrogens is 249 g/mol. The third-order valence-electron chi connectivity index (χ3n) is 2.96. The van der Waals surface area contributed by atoms with Gasteiger partial charge in [-0.2, -0.15) is 0 Å². The molecule has 1 saturated heterocycles. The van der Waals surface area contributed by atoms with Crippen LogP contribution in [0.3, 0.4) is 0 Å². The molecular formula is C12H12FN5O. The predicted octanol–water partition coefficient (Wildman–Crippen LogP) is 0.814. The number of anilines is 1. The van der Waals surface area contributed by atoms with Crippen LogP contribution in [0.15, 0.2) is 30.5 Å². The smallest absolute Gasteiger partial charge is 0.277 e. The van der Waals surface area contributed by atoms with Crippen molar-refractivity contribution in [3.63, 3.8) is 0 Å². The van der Waals surface area contributed by atoms with Gasteiger partial charge in [-0.15, -0.1) is 5.10 Å². The minimum atomic E-state index is -0.401. The van der Waals surface area contributed by atoms with Gasteiger partial charge in [-0.3, -0.25) is 4.79 Å². The Bertz CT molecular complexity index is 608. The summed E-state index contributed by atoms with van der Waals surface area (Å²) < 4.78 is 14.7. The Morgan fingerprint density at radius 1 is 1.47 bits per heavy atom. The minimum Gasteiger partial charge on any atom is -0.320 e. The van der Waals surface area contributed by atoms with Crippen molar-refractivity contribution in [3.05, 3.63) is 42.0 Å². The third-order valence-corrected chi connectivity index (χ3v) is 2.96. The Hall–Kier alpha value is -2.28. The highest BCUT2D eigenvalue weighted by atomic mass is 19.1. The average molecular weight is 261 g/mol. The summed E-state index contributed by atoms with van der Waals surface area (Å²) in [6, 6.07) is 5.96. The molecule has 3 rings (SSSR count). The highest BCUT2D eigenvalue weighted by Gasteiger charge is 2.21. The second-order valence-corrected chi connectivity index (χ2v) is 4.36. The first-order valence-corrected chi connectivity index (χ1v) is 5.92. The molecule has 2 heterocycles. The first kappa shape index (κ1) is 11.8. The maximum Gasteiger partial charge on any atom is 0.277 e. The van der Waals surface area contributed by atoms with Gasteiger partial charge in [-0.1, -0.05) is 11.3 Å². The Morgan fingerprint density at radius 3 is 3.00 bits per heavy atom. The molecule has 1 aromatic heterocycles. The van der Waals surface area contributed by atoms with Crippen LogP contribution in [-0.2, 0) is 0 Å². The van der Waals surface area contributed by atoms with E-state index in [1.54, 1.807) is 16.9 Å².